The molecule has 1 heterocycles. The van der Waals surface area contributed by atoms with Crippen LogP contribution >= 0.6 is 0 Å². The summed E-state index contributed by atoms with van der Waals surface area (Å²) >= 11 is 0. The van der Waals surface area contributed by atoms with E-state index in [4.69, 9.17) is 9.47 Å². The van der Waals surface area contributed by atoms with Crippen molar-refractivity contribution in [3.63, 3.8) is 0 Å². The van der Waals surface area contributed by atoms with E-state index in [2.05, 4.69) is 31.3 Å². The van der Waals surface area contributed by atoms with Gasteiger partial charge in [-0.05, 0) is 44.9 Å². The molecule has 1 rings (SSSR count). The summed E-state index contributed by atoms with van der Waals surface area (Å²) in [5.41, 5.74) is 0. The highest BCUT2D eigenvalue weighted by Crippen LogP contribution is 2.24. The first-order valence-corrected chi connectivity index (χ1v) is 35.6. The summed E-state index contributed by atoms with van der Waals surface area (Å²) in [6, 6.07) is -0.804. The Morgan fingerprint density at radius 1 is 0.412 bits per heavy atom. The predicted molar refractivity (Wildman–Crippen MR) is 341 cm³/mol. The molecule has 7 unspecified atom stereocenters. The van der Waals surface area contributed by atoms with Crippen molar-refractivity contribution in [2.24, 2.45) is 0 Å². The van der Waals surface area contributed by atoms with Crippen molar-refractivity contribution in [2.45, 2.75) is 410 Å². The zero-order valence-corrected chi connectivity index (χ0v) is 53.1. The van der Waals surface area contributed by atoms with Crippen molar-refractivity contribution < 1.29 is 39.8 Å². The summed E-state index contributed by atoms with van der Waals surface area (Å²) in [7, 11) is 0. The van der Waals surface area contributed by atoms with E-state index in [1.165, 1.54) is 308 Å². The molecule has 9 heteroatoms. The highest BCUT2D eigenvalue weighted by molar-refractivity contribution is 5.76. The third-order valence-electron chi connectivity index (χ3n) is 17.3. The van der Waals surface area contributed by atoms with E-state index in [0.29, 0.717) is 6.42 Å². The molecule has 1 aliphatic rings. The zero-order chi connectivity index (χ0) is 57.9. The van der Waals surface area contributed by atoms with Crippen LogP contribution in [0.25, 0.3) is 0 Å². The SMILES string of the molecule is CCCCCCCCCC/C=C\CCCCCCCCCCCCCCCCCCCCCC(=O)NC(COC1OC(CO)C(O)C(O)C1O)C(O)/C=C/CCCCCCCCCCCCCCCCCCCCCCCCCC. The Bertz CT molecular complexity index is 1310. The number of ether oxygens (including phenoxy) is 2. The number of carbonyl (C=O) groups is 1. The van der Waals surface area contributed by atoms with Gasteiger partial charge in [0.25, 0.3) is 0 Å². The highest BCUT2D eigenvalue weighted by Gasteiger charge is 2.44. The van der Waals surface area contributed by atoms with Gasteiger partial charge in [-0.25, -0.2) is 0 Å². The van der Waals surface area contributed by atoms with Gasteiger partial charge >= 0.3 is 0 Å². The fourth-order valence-corrected chi connectivity index (χ4v) is 11.7. The minimum Gasteiger partial charge on any atom is -0.394 e. The third kappa shape index (κ3) is 49.0. The Balaban J connectivity index is 2.11. The maximum absolute atomic E-state index is 13.1. The van der Waals surface area contributed by atoms with Gasteiger partial charge in [-0.2, -0.15) is 0 Å². The number of hydrogen-bond acceptors (Lipinski definition) is 8. The van der Waals surface area contributed by atoms with Gasteiger partial charge in [0.15, 0.2) is 6.29 Å². The van der Waals surface area contributed by atoms with Crippen molar-refractivity contribution in [3.8, 4) is 0 Å². The molecule has 0 spiro atoms. The van der Waals surface area contributed by atoms with Crippen LogP contribution in [-0.2, 0) is 14.3 Å². The van der Waals surface area contributed by atoms with Gasteiger partial charge in [0, 0.05) is 6.42 Å². The van der Waals surface area contributed by atoms with Crippen molar-refractivity contribution in [1.29, 1.82) is 0 Å². The molecule has 9 nitrogen and oxygen atoms in total. The zero-order valence-electron chi connectivity index (χ0n) is 53.1. The first-order chi connectivity index (χ1) is 39.3. The molecule has 0 bridgehead atoms. The van der Waals surface area contributed by atoms with Crippen molar-refractivity contribution in [2.75, 3.05) is 13.2 Å². The van der Waals surface area contributed by atoms with E-state index in [0.717, 1.165) is 38.5 Å². The van der Waals surface area contributed by atoms with Gasteiger partial charge in [0.2, 0.25) is 5.91 Å². The molecule has 1 amide bonds. The maximum atomic E-state index is 13.1. The molecule has 6 N–H and O–H groups in total. The predicted octanol–water partition coefficient (Wildman–Crippen LogP) is 19.3. The monoisotopic (exact) mass is 1130 g/mol. The minimum atomic E-state index is -1.57. The molecule has 474 valence electrons. The molecule has 0 aliphatic carbocycles. The molecule has 0 saturated carbocycles. The number of amides is 1. The van der Waals surface area contributed by atoms with Gasteiger partial charge in [-0.15, -0.1) is 0 Å². The largest absolute Gasteiger partial charge is 0.394 e. The van der Waals surface area contributed by atoms with E-state index in [9.17, 15) is 30.3 Å². The molecule has 0 radical (unpaired) electrons. The number of hydrogen-bond donors (Lipinski definition) is 6. The molecule has 1 aliphatic heterocycles. The lowest BCUT2D eigenvalue weighted by molar-refractivity contribution is -0.302. The third-order valence-corrected chi connectivity index (χ3v) is 17.3. The fourth-order valence-electron chi connectivity index (χ4n) is 11.7. The average Bonchev–Trinajstić information content (AvgIpc) is 3.46. The summed E-state index contributed by atoms with van der Waals surface area (Å²) in [5.74, 6) is -0.168. The second-order valence-electron chi connectivity index (χ2n) is 25.0. The van der Waals surface area contributed by atoms with Crippen molar-refractivity contribution in [3.05, 3.63) is 24.3 Å². The minimum absolute atomic E-state index is 0.168. The second kappa shape index (κ2) is 60.8. The van der Waals surface area contributed by atoms with Crippen LogP contribution in [0.5, 0.6) is 0 Å². The van der Waals surface area contributed by atoms with Crippen LogP contribution in [0.4, 0.5) is 0 Å². The lowest BCUT2D eigenvalue weighted by Crippen LogP contribution is -2.60. The van der Waals surface area contributed by atoms with Crippen LogP contribution in [0.2, 0.25) is 0 Å². The number of unbranched alkanes of at least 4 members (excludes halogenated alkanes) is 51. The van der Waals surface area contributed by atoms with E-state index in [-0.39, 0.29) is 12.5 Å². The number of allylic oxidation sites excluding steroid dienone is 3. The van der Waals surface area contributed by atoms with Crippen LogP contribution in [0.1, 0.15) is 367 Å². The van der Waals surface area contributed by atoms with Crippen LogP contribution < -0.4 is 5.32 Å². The van der Waals surface area contributed by atoms with E-state index in [1.807, 2.05) is 6.08 Å². The Morgan fingerprint density at radius 3 is 1.01 bits per heavy atom. The maximum Gasteiger partial charge on any atom is 0.220 e. The van der Waals surface area contributed by atoms with Gasteiger partial charge in [-0.1, -0.05) is 340 Å². The Hall–Kier alpha value is -1.33. The van der Waals surface area contributed by atoms with Gasteiger partial charge in [0.05, 0.1) is 25.4 Å². The van der Waals surface area contributed by atoms with Gasteiger partial charge < -0.3 is 40.3 Å². The van der Waals surface area contributed by atoms with Crippen LogP contribution in [0, 0.1) is 0 Å². The first-order valence-electron chi connectivity index (χ1n) is 35.6. The molecule has 0 aromatic carbocycles. The summed E-state index contributed by atoms with van der Waals surface area (Å²) < 4.78 is 11.3. The smallest absolute Gasteiger partial charge is 0.220 e. The summed E-state index contributed by atoms with van der Waals surface area (Å²) in [6.45, 7) is 3.84. The normalized spacial score (nSPS) is 18.5. The second-order valence-corrected chi connectivity index (χ2v) is 25.0. The van der Waals surface area contributed by atoms with Crippen molar-refractivity contribution in [1.82, 2.24) is 5.32 Å². The van der Waals surface area contributed by atoms with Gasteiger partial charge in [0.1, 0.15) is 24.4 Å². The summed E-state index contributed by atoms with van der Waals surface area (Å²) in [6.07, 6.45) is 72.9. The lowest BCUT2D eigenvalue weighted by atomic mass is 9.99. The lowest BCUT2D eigenvalue weighted by Gasteiger charge is -2.40. The quantitative estimate of drug-likeness (QED) is 0.0261. The number of aliphatic hydroxyl groups excluding tert-OH is 5. The first kappa shape index (κ1) is 76.7. The fraction of sp³-hybridized carbons (Fsp3) is 0.930. The Morgan fingerprint density at radius 2 is 0.700 bits per heavy atom. The molecule has 80 heavy (non-hydrogen) atoms. The molecular weight excluding hydrogens is 995 g/mol. The molecular formula is C71H137NO8. The number of carbonyl (C=O) groups excluding carboxylic acids is 1. The van der Waals surface area contributed by atoms with E-state index in [1.54, 1.807) is 6.08 Å². The Kier molecular flexibility index (Phi) is 58.3. The molecule has 1 fully saturated rings. The molecule has 0 aromatic rings. The van der Waals surface area contributed by atoms with E-state index < -0.39 is 49.5 Å². The van der Waals surface area contributed by atoms with Crippen molar-refractivity contribution >= 4 is 5.91 Å². The van der Waals surface area contributed by atoms with Crippen LogP contribution in [0.15, 0.2) is 24.3 Å². The summed E-state index contributed by atoms with van der Waals surface area (Å²) in [5, 5.41) is 54.8. The highest BCUT2D eigenvalue weighted by atomic mass is 16.7. The van der Waals surface area contributed by atoms with Gasteiger partial charge in [-0.3, -0.25) is 4.79 Å². The molecule has 0 aromatic heterocycles. The average molecular weight is 1130 g/mol. The Labute approximate surface area is 496 Å². The topological polar surface area (TPSA) is 149 Å². The standard InChI is InChI=1S/C71H137NO8/c1-3-5-7-9-11-13-15-17-19-21-23-25-27-29-31-32-33-34-35-37-39-41-43-45-47-49-51-53-55-57-59-61-67(75)72-64(63-79-71-70(78)69(77)68(76)66(62-73)80-71)65(74)60-58-56-54-52-50-48-46-44-42-40-38-36-30-28-26-24-22-20-18-16-14-12-10-8-6-4-2/h21,23,58,60,64-66,68-71,73-74,76-78H,3-20,22,24-57,59,61-63H2,1-2H3,(H,72,75)/b23-21-,60-58+. The number of aliphatic hydroxyl groups is 5. The summed E-state index contributed by atoms with van der Waals surface area (Å²) in [4.78, 5) is 13.1. The molecule has 7 atom stereocenters. The molecule has 1 saturated heterocycles. The number of nitrogens with one attached hydrogen (secondary N) is 1. The van der Waals surface area contributed by atoms with Crippen LogP contribution in [0.3, 0.4) is 0 Å². The number of rotatable bonds is 63. The van der Waals surface area contributed by atoms with Crippen LogP contribution in [-0.4, -0.2) is 87.5 Å². The van der Waals surface area contributed by atoms with E-state index >= 15 is 0 Å².